The molecule has 1 amide bonds. The third-order valence-corrected chi connectivity index (χ3v) is 4.23. The van der Waals surface area contributed by atoms with Crippen LogP contribution in [0.1, 0.15) is 36.5 Å². The molecular formula is C14H20ClIN2O. The van der Waals surface area contributed by atoms with Crippen molar-refractivity contribution in [3.05, 3.63) is 33.4 Å². The summed E-state index contributed by atoms with van der Waals surface area (Å²) in [6.07, 6.45) is 3.27. The second kappa shape index (κ2) is 7.45. The molecule has 1 aromatic carbocycles. The molecule has 2 rings (SSSR count). The van der Waals surface area contributed by atoms with Gasteiger partial charge in [0.2, 0.25) is 0 Å². The van der Waals surface area contributed by atoms with E-state index in [2.05, 4.69) is 22.6 Å². The van der Waals surface area contributed by atoms with Gasteiger partial charge in [-0.25, -0.2) is 0 Å². The lowest BCUT2D eigenvalue weighted by Gasteiger charge is -2.38. The summed E-state index contributed by atoms with van der Waals surface area (Å²) in [5, 5.41) is 0. The van der Waals surface area contributed by atoms with E-state index < -0.39 is 0 Å². The largest absolute Gasteiger partial charge is 0.334 e. The molecule has 1 saturated heterocycles. The Bertz CT molecular complexity index is 422. The van der Waals surface area contributed by atoms with Crippen molar-refractivity contribution in [1.29, 1.82) is 0 Å². The number of nitrogens with zero attached hydrogens (tertiary/aromatic N) is 1. The number of likely N-dealkylation sites (tertiary alicyclic amines) is 1. The minimum atomic E-state index is 0. The first-order valence-electron chi connectivity index (χ1n) is 6.41. The van der Waals surface area contributed by atoms with Crippen LogP contribution in [0.5, 0.6) is 0 Å². The van der Waals surface area contributed by atoms with Gasteiger partial charge in [0.15, 0.2) is 0 Å². The van der Waals surface area contributed by atoms with Crippen LogP contribution in [-0.4, -0.2) is 29.4 Å². The van der Waals surface area contributed by atoms with Gasteiger partial charge >= 0.3 is 0 Å². The molecule has 2 atom stereocenters. The van der Waals surface area contributed by atoms with Gasteiger partial charge < -0.3 is 10.6 Å². The number of amides is 1. The first-order valence-corrected chi connectivity index (χ1v) is 7.49. The van der Waals surface area contributed by atoms with Gasteiger partial charge in [0.05, 0.1) is 0 Å². The topological polar surface area (TPSA) is 46.3 Å². The van der Waals surface area contributed by atoms with Crippen LogP contribution in [0.25, 0.3) is 0 Å². The van der Waals surface area contributed by atoms with Crippen molar-refractivity contribution >= 4 is 40.9 Å². The Morgan fingerprint density at radius 2 is 2.00 bits per heavy atom. The summed E-state index contributed by atoms with van der Waals surface area (Å²) in [4.78, 5) is 14.4. The summed E-state index contributed by atoms with van der Waals surface area (Å²) in [6, 6.07) is 7.97. The van der Waals surface area contributed by atoms with Gasteiger partial charge in [0.1, 0.15) is 0 Å². The summed E-state index contributed by atoms with van der Waals surface area (Å²) in [7, 11) is 0. The third-order valence-electron chi connectivity index (χ3n) is 3.51. The number of nitrogens with two attached hydrogens (primary N) is 1. The fourth-order valence-corrected chi connectivity index (χ4v) is 2.87. The number of carbonyl (C=O) groups excluding carboxylic acids is 1. The van der Waals surface area contributed by atoms with Crippen LogP contribution in [0.15, 0.2) is 24.3 Å². The minimum Gasteiger partial charge on any atom is -0.334 e. The van der Waals surface area contributed by atoms with Crippen LogP contribution in [0.2, 0.25) is 0 Å². The number of hydrogen-bond acceptors (Lipinski definition) is 2. The second-order valence-corrected chi connectivity index (χ2v) is 6.17. The Labute approximate surface area is 134 Å². The molecule has 0 radical (unpaired) electrons. The van der Waals surface area contributed by atoms with Gasteiger partial charge in [-0.1, -0.05) is 0 Å². The molecule has 1 aromatic rings. The number of rotatable bonds is 2. The molecule has 2 N–H and O–H groups in total. The highest BCUT2D eigenvalue weighted by Gasteiger charge is 2.29. The van der Waals surface area contributed by atoms with Gasteiger partial charge in [0, 0.05) is 27.8 Å². The van der Waals surface area contributed by atoms with E-state index in [1.165, 1.54) is 6.42 Å². The van der Waals surface area contributed by atoms with E-state index in [9.17, 15) is 4.79 Å². The van der Waals surface area contributed by atoms with Crippen LogP contribution < -0.4 is 5.73 Å². The lowest BCUT2D eigenvalue weighted by atomic mass is 9.96. The predicted octanol–water partition coefficient (Wildman–Crippen LogP) is 3.05. The number of piperidine rings is 1. The van der Waals surface area contributed by atoms with Crippen LogP contribution in [0, 0.1) is 3.57 Å². The van der Waals surface area contributed by atoms with Crippen molar-refractivity contribution in [2.24, 2.45) is 5.73 Å². The number of hydrogen-bond donors (Lipinski definition) is 1. The molecule has 1 heterocycles. The van der Waals surface area contributed by atoms with E-state index >= 15 is 0 Å². The fourth-order valence-electron chi connectivity index (χ4n) is 2.51. The van der Waals surface area contributed by atoms with E-state index in [4.69, 9.17) is 5.73 Å². The first kappa shape index (κ1) is 16.7. The van der Waals surface area contributed by atoms with Crippen molar-refractivity contribution < 1.29 is 4.79 Å². The molecule has 1 fully saturated rings. The van der Waals surface area contributed by atoms with Gasteiger partial charge in [-0.15, -0.1) is 12.4 Å². The Morgan fingerprint density at radius 1 is 1.37 bits per heavy atom. The smallest absolute Gasteiger partial charge is 0.254 e. The SMILES string of the molecule is CC(N)C1CCCCN1C(=O)c1ccc(I)cc1.Cl. The zero-order valence-electron chi connectivity index (χ0n) is 11.0. The van der Waals surface area contributed by atoms with E-state index in [1.54, 1.807) is 0 Å². The molecule has 19 heavy (non-hydrogen) atoms. The lowest BCUT2D eigenvalue weighted by Crippen LogP contribution is -2.51. The first-order chi connectivity index (χ1) is 8.59. The minimum absolute atomic E-state index is 0. The standard InChI is InChI=1S/C14H19IN2O.ClH/c1-10(16)13-4-2-3-9-17(13)14(18)11-5-7-12(15)8-6-11;/h5-8,10,13H,2-4,9,16H2,1H3;1H. The monoisotopic (exact) mass is 394 g/mol. The molecule has 0 spiro atoms. The summed E-state index contributed by atoms with van der Waals surface area (Å²) >= 11 is 2.24. The van der Waals surface area contributed by atoms with Crippen LogP contribution in [-0.2, 0) is 0 Å². The van der Waals surface area contributed by atoms with Gasteiger partial charge in [-0.05, 0) is 73.0 Å². The summed E-state index contributed by atoms with van der Waals surface area (Å²) in [6.45, 7) is 2.82. The molecule has 5 heteroatoms. The number of carbonyl (C=O) groups is 1. The van der Waals surface area contributed by atoms with Gasteiger partial charge in [-0.2, -0.15) is 0 Å². The third kappa shape index (κ3) is 4.07. The molecule has 0 aliphatic carbocycles. The van der Waals surface area contributed by atoms with E-state index in [0.29, 0.717) is 0 Å². The Hall–Kier alpha value is -0.330. The Kier molecular flexibility index (Phi) is 6.56. The lowest BCUT2D eigenvalue weighted by molar-refractivity contribution is 0.0584. The molecule has 1 aliphatic rings. The maximum Gasteiger partial charge on any atom is 0.254 e. The second-order valence-electron chi connectivity index (χ2n) is 4.93. The molecule has 0 saturated carbocycles. The van der Waals surface area contributed by atoms with Crippen LogP contribution >= 0.6 is 35.0 Å². The van der Waals surface area contributed by atoms with E-state index in [-0.39, 0.29) is 30.4 Å². The molecule has 1 aliphatic heterocycles. The molecule has 2 unspecified atom stereocenters. The molecule has 106 valence electrons. The summed E-state index contributed by atoms with van der Waals surface area (Å²) in [5.74, 6) is 0.119. The zero-order valence-corrected chi connectivity index (χ0v) is 14.0. The quantitative estimate of drug-likeness (QED) is 0.784. The normalized spacial score (nSPS) is 20.6. The zero-order chi connectivity index (χ0) is 13.1. The number of benzene rings is 1. The average molecular weight is 395 g/mol. The molecule has 0 aromatic heterocycles. The maximum absolute atomic E-state index is 12.5. The Morgan fingerprint density at radius 3 is 2.58 bits per heavy atom. The van der Waals surface area contributed by atoms with Crippen molar-refractivity contribution in [3.8, 4) is 0 Å². The Balaban J connectivity index is 0.00000180. The average Bonchev–Trinajstić information content (AvgIpc) is 2.39. The van der Waals surface area contributed by atoms with Gasteiger partial charge in [-0.3, -0.25) is 4.79 Å². The highest BCUT2D eigenvalue weighted by Crippen LogP contribution is 2.21. The molecule has 0 bridgehead atoms. The number of halogens is 2. The van der Waals surface area contributed by atoms with Crippen LogP contribution in [0.3, 0.4) is 0 Å². The summed E-state index contributed by atoms with van der Waals surface area (Å²) < 4.78 is 1.14. The van der Waals surface area contributed by atoms with Gasteiger partial charge in [0.25, 0.3) is 5.91 Å². The maximum atomic E-state index is 12.5. The predicted molar refractivity (Wildman–Crippen MR) is 88.7 cm³/mol. The molecule has 3 nitrogen and oxygen atoms in total. The van der Waals surface area contributed by atoms with Crippen molar-refractivity contribution in [2.45, 2.75) is 38.3 Å². The van der Waals surface area contributed by atoms with Crippen molar-refractivity contribution in [2.75, 3.05) is 6.54 Å². The van der Waals surface area contributed by atoms with Crippen molar-refractivity contribution in [1.82, 2.24) is 4.90 Å². The fraction of sp³-hybridized carbons (Fsp3) is 0.500. The molecular weight excluding hydrogens is 375 g/mol. The van der Waals surface area contributed by atoms with E-state index in [1.807, 2.05) is 36.1 Å². The highest BCUT2D eigenvalue weighted by atomic mass is 127. The highest BCUT2D eigenvalue weighted by molar-refractivity contribution is 14.1. The van der Waals surface area contributed by atoms with E-state index in [0.717, 1.165) is 28.5 Å². The summed E-state index contributed by atoms with van der Waals surface area (Å²) in [5.41, 5.74) is 6.77. The van der Waals surface area contributed by atoms with Crippen molar-refractivity contribution in [3.63, 3.8) is 0 Å². The van der Waals surface area contributed by atoms with Crippen LogP contribution in [0.4, 0.5) is 0 Å².